The van der Waals surface area contributed by atoms with Crippen LogP contribution >= 0.6 is 0 Å². The van der Waals surface area contributed by atoms with E-state index in [9.17, 15) is 4.79 Å². The van der Waals surface area contributed by atoms with Crippen molar-refractivity contribution in [1.29, 1.82) is 0 Å². The second-order valence-corrected chi connectivity index (χ2v) is 11.9. The van der Waals surface area contributed by atoms with Gasteiger partial charge in [0, 0.05) is 54.1 Å². The van der Waals surface area contributed by atoms with Crippen molar-refractivity contribution in [3.63, 3.8) is 0 Å². The van der Waals surface area contributed by atoms with Crippen molar-refractivity contribution in [3.8, 4) is 23.5 Å². The Kier molecular flexibility index (Phi) is 6.20. The lowest BCUT2D eigenvalue weighted by Gasteiger charge is -2.30. The number of terminal acetylenes is 1. The molecule has 2 fully saturated rings. The van der Waals surface area contributed by atoms with Crippen LogP contribution in [0.1, 0.15) is 54.0 Å². The van der Waals surface area contributed by atoms with Gasteiger partial charge in [0.2, 0.25) is 0 Å². The van der Waals surface area contributed by atoms with Gasteiger partial charge in [0.15, 0.2) is 5.82 Å². The van der Waals surface area contributed by atoms with Crippen molar-refractivity contribution in [2.45, 2.75) is 50.1 Å². The van der Waals surface area contributed by atoms with Gasteiger partial charge in [0.05, 0.1) is 29.1 Å². The molecule has 2 saturated carbocycles. The highest BCUT2D eigenvalue weighted by Gasteiger charge is 2.57. The Bertz CT molecular complexity index is 1960. The fraction of sp³-hybridized carbons (Fsp3) is 0.303. The maximum Gasteiger partial charge on any atom is 0.271 e. The van der Waals surface area contributed by atoms with Crippen molar-refractivity contribution in [2.75, 3.05) is 14.1 Å². The van der Waals surface area contributed by atoms with Crippen LogP contribution in [0.4, 0.5) is 5.82 Å². The predicted molar refractivity (Wildman–Crippen MR) is 166 cm³/mol. The van der Waals surface area contributed by atoms with Crippen molar-refractivity contribution < 1.29 is 4.79 Å². The van der Waals surface area contributed by atoms with Crippen LogP contribution in [0.2, 0.25) is 0 Å². The number of para-hydroxylation sites is 1. The van der Waals surface area contributed by atoms with E-state index in [1.807, 2.05) is 56.4 Å². The Balaban J connectivity index is 1.38. The number of nitrogens with one attached hydrogen (secondary N) is 1. The van der Waals surface area contributed by atoms with Gasteiger partial charge in [-0.3, -0.25) is 14.8 Å². The molecule has 0 saturated heterocycles. The van der Waals surface area contributed by atoms with Crippen LogP contribution in [-0.2, 0) is 5.54 Å². The van der Waals surface area contributed by atoms with Gasteiger partial charge in [-0.1, -0.05) is 24.1 Å². The second-order valence-electron chi connectivity index (χ2n) is 11.9. The first-order chi connectivity index (χ1) is 20.8. The summed E-state index contributed by atoms with van der Waals surface area (Å²) in [5, 5.41) is 5.13. The number of carbonyl (C=O) groups excluding carboxylic acids is 1. The third-order valence-electron chi connectivity index (χ3n) is 8.83. The van der Waals surface area contributed by atoms with Crippen molar-refractivity contribution in [1.82, 2.24) is 39.7 Å². The number of aryl methyl sites for hydroxylation is 1. The molecular formula is C33H31N9O. The summed E-state index contributed by atoms with van der Waals surface area (Å²) in [6.45, 7) is 1.85. The molecule has 10 nitrogen and oxygen atoms in total. The summed E-state index contributed by atoms with van der Waals surface area (Å²) >= 11 is 0. The second kappa shape index (κ2) is 9.98. The van der Waals surface area contributed by atoms with Gasteiger partial charge < -0.3 is 14.8 Å². The van der Waals surface area contributed by atoms with Crippen molar-refractivity contribution in [3.05, 3.63) is 72.3 Å². The molecule has 43 heavy (non-hydrogen) atoms. The van der Waals surface area contributed by atoms with Gasteiger partial charge in [-0.15, -0.1) is 6.42 Å². The van der Waals surface area contributed by atoms with Crippen LogP contribution in [0, 0.1) is 19.3 Å². The van der Waals surface area contributed by atoms with Gasteiger partial charge in [-0.2, -0.15) is 0 Å². The molecule has 1 amide bonds. The molecule has 2 aliphatic carbocycles. The molecule has 7 rings (SSSR count). The van der Waals surface area contributed by atoms with E-state index in [2.05, 4.69) is 36.8 Å². The van der Waals surface area contributed by atoms with E-state index in [4.69, 9.17) is 21.4 Å². The lowest BCUT2D eigenvalue weighted by atomic mass is 9.90. The summed E-state index contributed by atoms with van der Waals surface area (Å²) in [7, 11) is 3.83. The standard InChI is InChI=1S/C33H31N9O/c1-5-26-27(23-14-22-8-6-7-9-24(22)36-16-23)28-29(39-20-41(3)4)37-19-38-30(28)42(26)33-12-10-32(18-33,11-13-33)40-31(43)25-17-34-21(2)15-35-25/h1,6-9,14-17,19-20H,10-13,18H2,2-4H3,(H,40,43). The van der Waals surface area contributed by atoms with E-state index in [1.165, 1.54) is 6.20 Å². The molecular weight excluding hydrogens is 538 g/mol. The quantitative estimate of drug-likeness (QED) is 0.178. The third kappa shape index (κ3) is 4.39. The van der Waals surface area contributed by atoms with E-state index in [1.54, 1.807) is 18.9 Å². The monoisotopic (exact) mass is 569 g/mol. The SMILES string of the molecule is C#Cc1c(-c2cnc3ccccc3c2)c2c(N=CN(C)C)ncnc2n1C12CCC(NC(=O)c3cnc(C)cn3)(CC1)C2. The molecule has 4 aromatic heterocycles. The van der Waals surface area contributed by atoms with Gasteiger partial charge in [-0.05, 0) is 51.2 Å². The molecule has 0 aliphatic heterocycles. The molecule has 10 heteroatoms. The number of nitrogens with zero attached hydrogens (tertiary/aromatic N) is 8. The Labute approximate surface area is 249 Å². The number of carbonyl (C=O) groups is 1. The average Bonchev–Trinajstić information content (AvgIpc) is 3.68. The maximum atomic E-state index is 13.2. The molecule has 4 heterocycles. The number of hydrogen-bond donors (Lipinski definition) is 1. The molecule has 1 N–H and O–H groups in total. The molecule has 214 valence electrons. The summed E-state index contributed by atoms with van der Waals surface area (Å²) in [5.41, 5.74) is 4.50. The zero-order valence-electron chi connectivity index (χ0n) is 24.4. The summed E-state index contributed by atoms with van der Waals surface area (Å²) in [4.78, 5) is 42.5. The lowest BCUT2D eigenvalue weighted by molar-refractivity contribution is 0.0895. The van der Waals surface area contributed by atoms with Crippen LogP contribution < -0.4 is 5.32 Å². The van der Waals surface area contributed by atoms with Crippen LogP contribution in [0.25, 0.3) is 33.1 Å². The highest BCUT2D eigenvalue weighted by molar-refractivity contribution is 6.05. The van der Waals surface area contributed by atoms with Gasteiger partial charge in [-0.25, -0.2) is 19.9 Å². The zero-order chi connectivity index (χ0) is 29.8. The molecule has 0 spiro atoms. The van der Waals surface area contributed by atoms with Gasteiger partial charge >= 0.3 is 0 Å². The Morgan fingerprint density at radius 2 is 1.88 bits per heavy atom. The number of rotatable bonds is 6. The number of amides is 1. The number of fused-ring (bicyclic) bond motifs is 4. The Morgan fingerprint density at radius 3 is 2.63 bits per heavy atom. The van der Waals surface area contributed by atoms with Crippen molar-refractivity contribution >= 4 is 40.0 Å². The minimum atomic E-state index is -0.365. The first kappa shape index (κ1) is 26.7. The molecule has 0 radical (unpaired) electrons. The number of aromatic nitrogens is 6. The number of pyridine rings is 1. The normalized spacial score (nSPS) is 21.1. The highest BCUT2D eigenvalue weighted by atomic mass is 16.2. The minimum absolute atomic E-state index is 0.203. The van der Waals surface area contributed by atoms with Crippen LogP contribution in [0.15, 0.2) is 60.2 Å². The van der Waals surface area contributed by atoms with Crippen LogP contribution in [0.5, 0.6) is 0 Å². The van der Waals surface area contributed by atoms with Crippen LogP contribution in [-0.4, -0.2) is 66.3 Å². The maximum absolute atomic E-state index is 13.2. The molecule has 5 aromatic rings. The van der Waals surface area contributed by atoms with Crippen molar-refractivity contribution in [2.24, 2.45) is 4.99 Å². The molecule has 0 unspecified atom stereocenters. The number of hydrogen-bond acceptors (Lipinski definition) is 7. The summed E-state index contributed by atoms with van der Waals surface area (Å²) in [5.74, 6) is 3.37. The topological polar surface area (TPSA) is 114 Å². The molecule has 0 atom stereocenters. The van der Waals surface area contributed by atoms with E-state index >= 15 is 0 Å². The largest absolute Gasteiger partial charge is 0.369 e. The third-order valence-corrected chi connectivity index (χ3v) is 8.83. The van der Waals surface area contributed by atoms with E-state index < -0.39 is 0 Å². The van der Waals surface area contributed by atoms with Crippen LogP contribution in [0.3, 0.4) is 0 Å². The van der Waals surface area contributed by atoms with Gasteiger partial charge in [0.1, 0.15) is 23.4 Å². The summed E-state index contributed by atoms with van der Waals surface area (Å²) in [6, 6.07) is 10.1. The highest BCUT2D eigenvalue weighted by Crippen LogP contribution is 2.57. The molecule has 1 aromatic carbocycles. The molecule has 2 bridgehead atoms. The summed E-state index contributed by atoms with van der Waals surface area (Å²) in [6.07, 6.45) is 18.7. The van der Waals surface area contributed by atoms with Gasteiger partial charge in [0.25, 0.3) is 5.91 Å². The average molecular weight is 570 g/mol. The fourth-order valence-corrected chi connectivity index (χ4v) is 6.92. The Hall–Kier alpha value is -5.17. The van der Waals surface area contributed by atoms with E-state index in [0.29, 0.717) is 11.5 Å². The first-order valence-electron chi connectivity index (χ1n) is 14.3. The predicted octanol–water partition coefficient (Wildman–Crippen LogP) is 4.79. The van der Waals surface area contributed by atoms with E-state index in [-0.39, 0.29) is 17.0 Å². The lowest BCUT2D eigenvalue weighted by Crippen LogP contribution is -2.45. The zero-order valence-corrected chi connectivity index (χ0v) is 24.4. The fourth-order valence-electron chi connectivity index (χ4n) is 6.92. The molecule has 2 aliphatic rings. The number of aliphatic imine (C=N–C) groups is 1. The Morgan fingerprint density at radius 1 is 1.07 bits per heavy atom. The summed E-state index contributed by atoms with van der Waals surface area (Å²) < 4.78 is 2.23. The smallest absolute Gasteiger partial charge is 0.271 e. The number of benzene rings is 1. The van der Waals surface area contributed by atoms with E-state index in [0.717, 1.165) is 76.6 Å². The first-order valence-corrected chi connectivity index (χ1v) is 14.3. The minimum Gasteiger partial charge on any atom is -0.369 e.